The number of anilines is 1. The van der Waals surface area contributed by atoms with Gasteiger partial charge in [-0.1, -0.05) is 11.8 Å². The number of carbonyl (C=O) groups excluding carboxylic acids is 2. The number of carbonyl (C=O) groups is 2. The summed E-state index contributed by atoms with van der Waals surface area (Å²) in [5.74, 6) is 3.77. The van der Waals surface area contributed by atoms with E-state index in [1.54, 1.807) is 0 Å². The molecule has 3 N–H and O–H groups in total. The highest BCUT2D eigenvalue weighted by Gasteiger charge is 2.27. The first kappa shape index (κ1) is 14.0. The van der Waals surface area contributed by atoms with Crippen molar-refractivity contribution in [1.82, 2.24) is 5.32 Å². The molecule has 2 amide bonds. The predicted octanol–water partition coefficient (Wildman–Crippen LogP) is 0.387. The zero-order valence-electron chi connectivity index (χ0n) is 10.6. The second-order valence-electron chi connectivity index (χ2n) is 4.30. The highest BCUT2D eigenvalue weighted by molar-refractivity contribution is 5.99. The summed E-state index contributed by atoms with van der Waals surface area (Å²) >= 11 is 0. The Hall–Kier alpha value is -2.39. The Kier molecular flexibility index (Phi) is 4.33. The number of halogens is 1. The molecule has 1 atom stereocenters. The normalized spacial score (nSPS) is 17.1. The summed E-state index contributed by atoms with van der Waals surface area (Å²) in [4.78, 5) is 22.9. The Balaban J connectivity index is 2.09. The van der Waals surface area contributed by atoms with Gasteiger partial charge in [0.2, 0.25) is 11.8 Å². The van der Waals surface area contributed by atoms with E-state index in [1.807, 2.05) is 0 Å². The number of amides is 2. The Morgan fingerprint density at radius 1 is 1.55 bits per heavy atom. The summed E-state index contributed by atoms with van der Waals surface area (Å²) in [5.41, 5.74) is 0.479. The fourth-order valence-corrected chi connectivity index (χ4v) is 1.87. The molecular weight excluding hydrogens is 263 g/mol. The average molecular weight is 276 g/mol. The van der Waals surface area contributed by atoms with Crippen LogP contribution in [-0.4, -0.2) is 29.6 Å². The van der Waals surface area contributed by atoms with E-state index >= 15 is 0 Å². The molecule has 0 spiro atoms. The van der Waals surface area contributed by atoms with Crippen LogP contribution < -0.4 is 10.6 Å². The first-order valence-electron chi connectivity index (χ1n) is 6.09. The molecule has 20 heavy (non-hydrogen) atoms. The van der Waals surface area contributed by atoms with Gasteiger partial charge in [0, 0.05) is 12.1 Å². The SMILES string of the molecule is O=C1CCC(C(=O)Nc2ccc(F)c(C#CCO)c2)N1. The molecule has 0 aromatic heterocycles. The largest absolute Gasteiger partial charge is 0.384 e. The molecule has 2 rings (SSSR count). The molecule has 104 valence electrons. The third kappa shape index (κ3) is 3.33. The Labute approximate surface area is 115 Å². The maximum atomic E-state index is 13.4. The molecule has 0 saturated carbocycles. The van der Waals surface area contributed by atoms with Crippen molar-refractivity contribution < 1.29 is 19.1 Å². The molecule has 0 bridgehead atoms. The van der Waals surface area contributed by atoms with Crippen LogP contribution in [0.1, 0.15) is 18.4 Å². The van der Waals surface area contributed by atoms with Crippen molar-refractivity contribution in [2.75, 3.05) is 11.9 Å². The van der Waals surface area contributed by atoms with Crippen molar-refractivity contribution in [2.45, 2.75) is 18.9 Å². The van der Waals surface area contributed by atoms with E-state index in [0.29, 0.717) is 18.5 Å². The molecule has 1 heterocycles. The molecule has 1 saturated heterocycles. The number of hydrogen-bond acceptors (Lipinski definition) is 3. The smallest absolute Gasteiger partial charge is 0.246 e. The van der Waals surface area contributed by atoms with Gasteiger partial charge in [0.25, 0.3) is 0 Å². The molecule has 1 aromatic rings. The van der Waals surface area contributed by atoms with E-state index in [0.717, 1.165) is 0 Å². The lowest BCUT2D eigenvalue weighted by molar-refractivity contribution is -0.122. The molecule has 1 unspecified atom stereocenters. The van der Waals surface area contributed by atoms with Crippen molar-refractivity contribution in [2.24, 2.45) is 0 Å². The van der Waals surface area contributed by atoms with Crippen LogP contribution in [0.2, 0.25) is 0 Å². The minimum absolute atomic E-state index is 0.0901. The number of aliphatic hydroxyl groups is 1. The minimum Gasteiger partial charge on any atom is -0.384 e. The van der Waals surface area contributed by atoms with Gasteiger partial charge in [-0.25, -0.2) is 4.39 Å². The number of nitrogens with one attached hydrogen (secondary N) is 2. The molecule has 0 radical (unpaired) electrons. The Morgan fingerprint density at radius 3 is 3.00 bits per heavy atom. The van der Waals surface area contributed by atoms with Gasteiger partial charge >= 0.3 is 0 Å². The topological polar surface area (TPSA) is 78.4 Å². The van der Waals surface area contributed by atoms with Gasteiger partial charge in [0.1, 0.15) is 18.5 Å². The minimum atomic E-state index is -0.556. The lowest BCUT2D eigenvalue weighted by atomic mass is 10.1. The number of benzene rings is 1. The van der Waals surface area contributed by atoms with E-state index in [2.05, 4.69) is 22.5 Å². The zero-order valence-corrected chi connectivity index (χ0v) is 10.6. The third-order valence-electron chi connectivity index (χ3n) is 2.85. The third-order valence-corrected chi connectivity index (χ3v) is 2.85. The first-order chi connectivity index (χ1) is 9.60. The monoisotopic (exact) mass is 276 g/mol. The van der Waals surface area contributed by atoms with E-state index in [1.165, 1.54) is 18.2 Å². The second kappa shape index (κ2) is 6.17. The van der Waals surface area contributed by atoms with Crippen LogP contribution in [0.5, 0.6) is 0 Å². The fraction of sp³-hybridized carbons (Fsp3) is 0.286. The highest BCUT2D eigenvalue weighted by Crippen LogP contribution is 2.15. The van der Waals surface area contributed by atoms with Crippen LogP contribution in [0.3, 0.4) is 0 Å². The zero-order chi connectivity index (χ0) is 14.5. The van der Waals surface area contributed by atoms with Crippen LogP contribution in [-0.2, 0) is 9.59 Å². The van der Waals surface area contributed by atoms with Crippen LogP contribution in [0.25, 0.3) is 0 Å². The Morgan fingerprint density at radius 2 is 2.35 bits per heavy atom. The van der Waals surface area contributed by atoms with Gasteiger partial charge in [-0.05, 0) is 24.6 Å². The number of rotatable bonds is 2. The van der Waals surface area contributed by atoms with E-state index in [4.69, 9.17) is 5.11 Å². The molecule has 0 aliphatic carbocycles. The summed E-state index contributed by atoms with van der Waals surface area (Å²) in [6.07, 6.45) is 0.776. The number of aliphatic hydroxyl groups excluding tert-OH is 1. The van der Waals surface area contributed by atoms with Crippen LogP contribution >= 0.6 is 0 Å². The lowest BCUT2D eigenvalue weighted by Crippen LogP contribution is -2.37. The highest BCUT2D eigenvalue weighted by atomic mass is 19.1. The van der Waals surface area contributed by atoms with Crippen molar-refractivity contribution in [3.05, 3.63) is 29.6 Å². The van der Waals surface area contributed by atoms with E-state index < -0.39 is 11.9 Å². The van der Waals surface area contributed by atoms with Crippen molar-refractivity contribution in [3.8, 4) is 11.8 Å². The maximum Gasteiger partial charge on any atom is 0.246 e. The van der Waals surface area contributed by atoms with Gasteiger partial charge in [0.15, 0.2) is 0 Å². The van der Waals surface area contributed by atoms with Gasteiger partial charge in [0.05, 0.1) is 5.56 Å². The average Bonchev–Trinajstić information content (AvgIpc) is 2.86. The standard InChI is InChI=1S/C14H13FN2O3/c15-11-4-3-10(8-9(11)2-1-7-18)16-14(20)12-5-6-13(19)17-12/h3-4,8,12,18H,5-7H2,(H,16,20)(H,17,19). The van der Waals surface area contributed by atoms with Crippen LogP contribution in [0.4, 0.5) is 10.1 Å². The molecular formula is C14H13FN2O3. The van der Waals surface area contributed by atoms with Crippen molar-refractivity contribution >= 4 is 17.5 Å². The summed E-state index contributed by atoms with van der Waals surface area (Å²) < 4.78 is 13.4. The summed E-state index contributed by atoms with van der Waals surface area (Å²) in [7, 11) is 0. The maximum absolute atomic E-state index is 13.4. The van der Waals surface area contributed by atoms with Gasteiger partial charge in [-0.3, -0.25) is 9.59 Å². The second-order valence-corrected chi connectivity index (χ2v) is 4.30. The Bertz CT molecular complexity index is 604. The molecule has 1 aliphatic heterocycles. The summed E-state index contributed by atoms with van der Waals surface area (Å²) in [5, 5.41) is 13.7. The summed E-state index contributed by atoms with van der Waals surface area (Å²) in [6, 6.07) is 3.42. The predicted molar refractivity (Wildman–Crippen MR) is 70.2 cm³/mol. The van der Waals surface area contributed by atoms with Gasteiger partial charge in [-0.2, -0.15) is 0 Å². The van der Waals surface area contributed by atoms with Crippen molar-refractivity contribution in [3.63, 3.8) is 0 Å². The number of hydrogen-bond donors (Lipinski definition) is 3. The van der Waals surface area contributed by atoms with Crippen molar-refractivity contribution in [1.29, 1.82) is 0 Å². The van der Waals surface area contributed by atoms with Crippen LogP contribution in [0.15, 0.2) is 18.2 Å². The van der Waals surface area contributed by atoms with Gasteiger partial charge in [-0.15, -0.1) is 0 Å². The molecule has 1 aromatic carbocycles. The molecule has 1 fully saturated rings. The van der Waals surface area contributed by atoms with Gasteiger partial charge < -0.3 is 15.7 Å². The molecule has 1 aliphatic rings. The van der Waals surface area contributed by atoms with E-state index in [9.17, 15) is 14.0 Å². The first-order valence-corrected chi connectivity index (χ1v) is 6.09. The lowest BCUT2D eigenvalue weighted by Gasteiger charge is -2.11. The summed E-state index contributed by atoms with van der Waals surface area (Å²) in [6.45, 7) is -0.371. The van der Waals surface area contributed by atoms with E-state index in [-0.39, 0.29) is 24.0 Å². The molecule has 6 heteroatoms. The molecule has 5 nitrogen and oxygen atoms in total. The quantitative estimate of drug-likeness (QED) is 0.684. The fourth-order valence-electron chi connectivity index (χ4n) is 1.87. The van der Waals surface area contributed by atoms with Crippen LogP contribution in [0, 0.1) is 17.7 Å².